The van der Waals surface area contributed by atoms with Crippen LogP contribution in [0.25, 0.3) is 0 Å². The Kier molecular flexibility index (Phi) is 8.05. The number of aliphatic carboxylic acids is 1. The Morgan fingerprint density at radius 3 is 2.00 bits per heavy atom. The fraction of sp³-hybridized carbons (Fsp3) is 0.889. The smallest absolute Gasteiger partial charge is 0.321 e. The Labute approximate surface area is 104 Å². The van der Waals surface area contributed by atoms with Crippen LogP contribution in [0.2, 0.25) is 0 Å². The first-order valence-corrected chi connectivity index (χ1v) is 5.75. The molecule has 0 radical (unpaired) electrons. The van der Waals surface area contributed by atoms with Gasteiger partial charge >= 0.3 is 5.97 Å². The Morgan fingerprint density at radius 2 is 1.56 bits per heavy atom. The maximum atomic E-state index is 10.4. The van der Waals surface area contributed by atoms with Crippen molar-refractivity contribution < 1.29 is 25.2 Å². The van der Waals surface area contributed by atoms with E-state index in [2.05, 4.69) is 0 Å². The zero-order valence-electron chi connectivity index (χ0n) is 8.59. The molecule has 4 N–H and O–H groups in total. The number of aliphatic hydroxyl groups excluding tert-OH is 3. The highest BCUT2D eigenvalue weighted by Gasteiger charge is 2.20. The first-order chi connectivity index (χ1) is 7.32. The third-order valence-corrected chi connectivity index (χ3v) is 2.61. The number of halogens is 2. The summed E-state index contributed by atoms with van der Waals surface area (Å²) >= 11 is 10.7. The molecule has 0 fully saturated rings. The van der Waals surface area contributed by atoms with Crippen molar-refractivity contribution in [3.8, 4) is 0 Å². The first kappa shape index (κ1) is 15.9. The molecule has 4 atom stereocenters. The molecule has 0 saturated heterocycles. The zero-order valence-corrected chi connectivity index (χ0v) is 10.1. The lowest BCUT2D eigenvalue weighted by atomic mass is 10.0. The Hall–Kier alpha value is -0.0700. The zero-order chi connectivity index (χ0) is 12.7. The number of carboxylic acids is 1. The summed E-state index contributed by atoms with van der Waals surface area (Å²) in [7, 11) is 0. The van der Waals surface area contributed by atoms with Crippen molar-refractivity contribution >= 4 is 29.2 Å². The quantitative estimate of drug-likeness (QED) is 0.484. The van der Waals surface area contributed by atoms with Crippen LogP contribution in [-0.4, -0.2) is 49.5 Å². The minimum absolute atomic E-state index is 0.0140. The van der Waals surface area contributed by atoms with Crippen molar-refractivity contribution in [2.24, 2.45) is 0 Å². The Morgan fingerprint density at radius 1 is 1.00 bits per heavy atom. The molecule has 0 amide bonds. The van der Waals surface area contributed by atoms with Gasteiger partial charge in [0, 0.05) is 6.42 Å². The summed E-state index contributed by atoms with van der Waals surface area (Å²) in [5.74, 6) is -1.20. The van der Waals surface area contributed by atoms with Gasteiger partial charge in [0.1, 0.15) is 10.9 Å². The number of carbonyl (C=O) groups is 1. The van der Waals surface area contributed by atoms with E-state index in [9.17, 15) is 15.0 Å². The van der Waals surface area contributed by atoms with E-state index in [1.807, 2.05) is 0 Å². The summed E-state index contributed by atoms with van der Waals surface area (Å²) in [4.78, 5) is 10.4. The third-order valence-electron chi connectivity index (χ3n) is 2.03. The lowest BCUT2D eigenvalue weighted by Gasteiger charge is -2.16. The van der Waals surface area contributed by atoms with Gasteiger partial charge < -0.3 is 20.4 Å². The first-order valence-electron chi connectivity index (χ1n) is 4.88. The Balaban J connectivity index is 3.77. The van der Waals surface area contributed by atoms with Crippen molar-refractivity contribution in [2.75, 3.05) is 0 Å². The van der Waals surface area contributed by atoms with Crippen molar-refractivity contribution in [2.45, 2.75) is 48.8 Å². The molecule has 0 aliphatic rings. The van der Waals surface area contributed by atoms with Gasteiger partial charge in [-0.2, -0.15) is 0 Å². The van der Waals surface area contributed by atoms with Crippen LogP contribution in [0, 0.1) is 0 Å². The van der Waals surface area contributed by atoms with Gasteiger partial charge in [-0.1, -0.05) is 11.6 Å². The lowest BCUT2D eigenvalue weighted by molar-refractivity contribution is -0.137. The normalized spacial score (nSPS) is 18.8. The minimum atomic E-state index is -1.20. The summed E-state index contributed by atoms with van der Waals surface area (Å²) in [6.45, 7) is 0. The SMILES string of the molecule is O=C(O)C(Cl)CC(O)CC(O)CCC(O)Cl. The maximum absolute atomic E-state index is 10.4. The summed E-state index contributed by atoms with van der Waals surface area (Å²) in [6, 6.07) is 0. The highest BCUT2D eigenvalue weighted by Crippen LogP contribution is 2.14. The van der Waals surface area contributed by atoms with E-state index >= 15 is 0 Å². The van der Waals surface area contributed by atoms with E-state index in [0.29, 0.717) is 0 Å². The van der Waals surface area contributed by atoms with Crippen molar-refractivity contribution in [3.63, 3.8) is 0 Å². The molecule has 0 rings (SSSR count). The van der Waals surface area contributed by atoms with Crippen LogP contribution in [0.15, 0.2) is 0 Å². The highest BCUT2D eigenvalue weighted by molar-refractivity contribution is 6.29. The van der Waals surface area contributed by atoms with E-state index < -0.39 is 29.1 Å². The third kappa shape index (κ3) is 8.13. The maximum Gasteiger partial charge on any atom is 0.321 e. The molecule has 16 heavy (non-hydrogen) atoms. The fourth-order valence-electron chi connectivity index (χ4n) is 1.20. The molecule has 5 nitrogen and oxygen atoms in total. The fourth-order valence-corrected chi connectivity index (χ4v) is 1.53. The van der Waals surface area contributed by atoms with Gasteiger partial charge in [-0.15, -0.1) is 11.6 Å². The molecule has 0 aliphatic heterocycles. The molecule has 96 valence electrons. The predicted octanol–water partition coefficient (Wildman–Crippen LogP) is 0.518. The van der Waals surface area contributed by atoms with Gasteiger partial charge in [-0.3, -0.25) is 4.79 Å². The van der Waals surface area contributed by atoms with Crippen LogP contribution in [0.1, 0.15) is 25.7 Å². The van der Waals surface area contributed by atoms with Gasteiger partial charge in [0.25, 0.3) is 0 Å². The number of alkyl halides is 2. The molecule has 0 aliphatic carbocycles. The van der Waals surface area contributed by atoms with Gasteiger partial charge in [-0.05, 0) is 19.3 Å². The van der Waals surface area contributed by atoms with Crippen LogP contribution in [0.4, 0.5) is 0 Å². The molecule has 0 aromatic heterocycles. The number of hydrogen-bond donors (Lipinski definition) is 4. The van der Waals surface area contributed by atoms with Gasteiger partial charge in [0.05, 0.1) is 12.2 Å². The van der Waals surface area contributed by atoms with Gasteiger partial charge in [-0.25, -0.2) is 0 Å². The van der Waals surface area contributed by atoms with E-state index in [1.165, 1.54) is 0 Å². The monoisotopic (exact) mass is 274 g/mol. The molecule has 0 bridgehead atoms. The second-order valence-electron chi connectivity index (χ2n) is 3.60. The minimum Gasteiger partial charge on any atom is -0.480 e. The van der Waals surface area contributed by atoms with Crippen molar-refractivity contribution in [3.05, 3.63) is 0 Å². The van der Waals surface area contributed by atoms with Gasteiger partial charge in [0.15, 0.2) is 0 Å². The van der Waals surface area contributed by atoms with Crippen LogP contribution in [0.5, 0.6) is 0 Å². The largest absolute Gasteiger partial charge is 0.480 e. The number of carboxylic acid groups (broad SMARTS) is 1. The molecular weight excluding hydrogens is 259 g/mol. The molecular formula is C9H16Cl2O5. The van der Waals surface area contributed by atoms with E-state index in [0.717, 1.165) is 0 Å². The van der Waals surface area contributed by atoms with E-state index in [4.69, 9.17) is 33.4 Å². The molecule has 0 heterocycles. The average Bonchev–Trinajstić information content (AvgIpc) is 2.14. The molecule has 0 aromatic rings. The molecule has 0 spiro atoms. The predicted molar refractivity (Wildman–Crippen MR) is 59.6 cm³/mol. The number of rotatable bonds is 8. The lowest BCUT2D eigenvalue weighted by Crippen LogP contribution is -2.25. The Bertz CT molecular complexity index is 212. The second-order valence-corrected chi connectivity index (χ2v) is 4.63. The summed E-state index contributed by atoms with van der Waals surface area (Å²) < 4.78 is 0. The van der Waals surface area contributed by atoms with Crippen molar-refractivity contribution in [1.29, 1.82) is 0 Å². The van der Waals surface area contributed by atoms with E-state index in [-0.39, 0.29) is 25.7 Å². The second kappa shape index (κ2) is 8.08. The van der Waals surface area contributed by atoms with Crippen LogP contribution in [0.3, 0.4) is 0 Å². The van der Waals surface area contributed by atoms with Crippen LogP contribution >= 0.6 is 23.2 Å². The highest BCUT2D eigenvalue weighted by atomic mass is 35.5. The molecule has 0 saturated carbocycles. The summed E-state index contributed by atoms with van der Waals surface area (Å²) in [5.41, 5.74) is -1.02. The summed E-state index contributed by atoms with van der Waals surface area (Å²) in [5, 5.41) is 34.9. The average molecular weight is 275 g/mol. The molecule has 7 heteroatoms. The standard InChI is InChI=1S/C9H16Cl2O5/c10-7(9(15)16)4-6(13)3-5(12)1-2-8(11)14/h5-8,12-14H,1-4H2,(H,15,16). The van der Waals surface area contributed by atoms with Crippen LogP contribution < -0.4 is 0 Å². The molecule has 4 unspecified atom stereocenters. The van der Waals surface area contributed by atoms with E-state index in [1.54, 1.807) is 0 Å². The van der Waals surface area contributed by atoms with Crippen LogP contribution in [-0.2, 0) is 4.79 Å². The van der Waals surface area contributed by atoms with Crippen molar-refractivity contribution in [1.82, 2.24) is 0 Å². The van der Waals surface area contributed by atoms with Gasteiger partial charge in [0.2, 0.25) is 0 Å². The summed E-state index contributed by atoms with van der Waals surface area (Å²) in [6.07, 6.45) is -1.49. The number of aliphatic hydroxyl groups is 3. The topological polar surface area (TPSA) is 98.0 Å². The number of hydrogen-bond acceptors (Lipinski definition) is 4. The molecule has 0 aromatic carbocycles.